The number of amides is 2. The standard InChI is InChI=1S/C14H22N2O5/c1-10(17)15-5-3-4-11(6-15)13(20)16-8-14(2,9-16)21-7-12(18)19/h11H,3-9H2,1-2H3,(H,18,19). The van der Waals surface area contributed by atoms with Gasteiger partial charge in [0.1, 0.15) is 12.2 Å². The van der Waals surface area contributed by atoms with Crippen molar-refractivity contribution in [3.05, 3.63) is 0 Å². The highest BCUT2D eigenvalue weighted by Crippen LogP contribution is 2.28. The van der Waals surface area contributed by atoms with Crippen molar-refractivity contribution in [1.29, 1.82) is 0 Å². The molecule has 1 atom stereocenters. The smallest absolute Gasteiger partial charge is 0.329 e. The summed E-state index contributed by atoms with van der Waals surface area (Å²) in [6, 6.07) is 0. The van der Waals surface area contributed by atoms with Crippen LogP contribution < -0.4 is 0 Å². The van der Waals surface area contributed by atoms with Crippen LogP contribution in [0.3, 0.4) is 0 Å². The van der Waals surface area contributed by atoms with Gasteiger partial charge in [-0.1, -0.05) is 0 Å². The third-order valence-corrected chi connectivity index (χ3v) is 4.12. The SMILES string of the molecule is CC(=O)N1CCCC(C(=O)N2CC(C)(OCC(=O)O)C2)C1. The summed E-state index contributed by atoms with van der Waals surface area (Å²) in [7, 11) is 0. The Bertz CT molecular complexity index is 445. The monoisotopic (exact) mass is 298 g/mol. The van der Waals surface area contributed by atoms with E-state index in [2.05, 4.69) is 0 Å². The summed E-state index contributed by atoms with van der Waals surface area (Å²) in [6.45, 7) is 5.01. The molecule has 0 aliphatic carbocycles. The Hall–Kier alpha value is -1.63. The molecular weight excluding hydrogens is 276 g/mol. The van der Waals surface area contributed by atoms with E-state index < -0.39 is 11.6 Å². The molecule has 2 fully saturated rings. The molecule has 118 valence electrons. The van der Waals surface area contributed by atoms with E-state index in [0.29, 0.717) is 19.6 Å². The maximum Gasteiger partial charge on any atom is 0.329 e. The second-order valence-corrected chi connectivity index (χ2v) is 6.13. The molecule has 0 radical (unpaired) electrons. The van der Waals surface area contributed by atoms with Crippen molar-refractivity contribution >= 4 is 17.8 Å². The minimum Gasteiger partial charge on any atom is -0.480 e. The van der Waals surface area contributed by atoms with Crippen LogP contribution in [0.5, 0.6) is 0 Å². The Labute approximate surface area is 123 Å². The number of ether oxygens (including phenoxy) is 1. The summed E-state index contributed by atoms with van der Waals surface area (Å²) in [5.41, 5.74) is -0.566. The zero-order valence-electron chi connectivity index (χ0n) is 12.5. The summed E-state index contributed by atoms with van der Waals surface area (Å²) in [5.74, 6) is -1.11. The second kappa shape index (κ2) is 6.01. The molecule has 2 saturated heterocycles. The van der Waals surface area contributed by atoms with Crippen LogP contribution in [0.25, 0.3) is 0 Å². The van der Waals surface area contributed by atoms with Crippen molar-refractivity contribution in [2.24, 2.45) is 5.92 Å². The Morgan fingerprint density at radius 3 is 2.52 bits per heavy atom. The van der Waals surface area contributed by atoms with Crippen LogP contribution in [0.2, 0.25) is 0 Å². The third kappa shape index (κ3) is 3.72. The van der Waals surface area contributed by atoms with Gasteiger partial charge in [0.2, 0.25) is 11.8 Å². The van der Waals surface area contributed by atoms with Crippen LogP contribution in [0.1, 0.15) is 26.7 Å². The average Bonchev–Trinajstić information content (AvgIpc) is 2.41. The lowest BCUT2D eigenvalue weighted by Crippen LogP contribution is -2.65. The van der Waals surface area contributed by atoms with E-state index in [1.807, 2.05) is 6.92 Å². The van der Waals surface area contributed by atoms with Gasteiger partial charge in [-0.05, 0) is 19.8 Å². The molecular formula is C14H22N2O5. The normalized spacial score (nSPS) is 24.4. The summed E-state index contributed by atoms with van der Waals surface area (Å²) >= 11 is 0. The minimum atomic E-state index is -1.01. The van der Waals surface area contributed by atoms with E-state index in [-0.39, 0.29) is 24.3 Å². The molecule has 7 heteroatoms. The molecule has 0 saturated carbocycles. The highest BCUT2D eigenvalue weighted by atomic mass is 16.5. The van der Waals surface area contributed by atoms with Crippen LogP contribution >= 0.6 is 0 Å². The molecule has 0 aromatic heterocycles. The van der Waals surface area contributed by atoms with Crippen molar-refractivity contribution in [2.45, 2.75) is 32.3 Å². The number of carbonyl (C=O) groups excluding carboxylic acids is 2. The van der Waals surface area contributed by atoms with Gasteiger partial charge in [0, 0.05) is 20.0 Å². The number of carboxylic acid groups (broad SMARTS) is 1. The van der Waals surface area contributed by atoms with Crippen molar-refractivity contribution in [2.75, 3.05) is 32.8 Å². The molecule has 2 aliphatic heterocycles. The van der Waals surface area contributed by atoms with E-state index in [4.69, 9.17) is 9.84 Å². The fourth-order valence-corrected chi connectivity index (χ4v) is 2.97. The molecule has 7 nitrogen and oxygen atoms in total. The molecule has 2 heterocycles. The van der Waals surface area contributed by atoms with Crippen molar-refractivity contribution in [3.63, 3.8) is 0 Å². The molecule has 1 unspecified atom stereocenters. The number of hydrogen-bond donors (Lipinski definition) is 1. The molecule has 1 N–H and O–H groups in total. The molecule has 21 heavy (non-hydrogen) atoms. The second-order valence-electron chi connectivity index (χ2n) is 6.13. The molecule has 0 bridgehead atoms. The van der Waals surface area contributed by atoms with Crippen LogP contribution in [0, 0.1) is 5.92 Å². The maximum atomic E-state index is 12.4. The van der Waals surface area contributed by atoms with Crippen LogP contribution in [0.15, 0.2) is 0 Å². The zero-order valence-corrected chi connectivity index (χ0v) is 12.5. The fourth-order valence-electron chi connectivity index (χ4n) is 2.97. The van der Waals surface area contributed by atoms with Crippen LogP contribution in [-0.2, 0) is 19.1 Å². The number of carboxylic acids is 1. The highest BCUT2D eigenvalue weighted by Gasteiger charge is 2.44. The van der Waals surface area contributed by atoms with Crippen LogP contribution in [-0.4, -0.2) is 71.1 Å². The largest absolute Gasteiger partial charge is 0.480 e. The molecule has 2 amide bonds. The van der Waals surface area contributed by atoms with Gasteiger partial charge in [0.05, 0.1) is 19.0 Å². The first-order chi connectivity index (χ1) is 9.81. The van der Waals surface area contributed by atoms with Crippen molar-refractivity contribution < 1.29 is 24.2 Å². The maximum absolute atomic E-state index is 12.4. The van der Waals surface area contributed by atoms with Gasteiger partial charge >= 0.3 is 5.97 Å². The minimum absolute atomic E-state index is 0.00531. The van der Waals surface area contributed by atoms with Gasteiger partial charge in [0.15, 0.2) is 0 Å². The molecule has 0 aromatic carbocycles. The van der Waals surface area contributed by atoms with Crippen molar-refractivity contribution in [1.82, 2.24) is 9.80 Å². The predicted molar refractivity (Wildman–Crippen MR) is 73.6 cm³/mol. The number of carbonyl (C=O) groups is 3. The zero-order chi connectivity index (χ0) is 15.6. The molecule has 0 aromatic rings. The van der Waals surface area contributed by atoms with Gasteiger partial charge in [0.25, 0.3) is 0 Å². The lowest BCUT2D eigenvalue weighted by molar-refractivity contribution is -0.176. The predicted octanol–water partition coefficient (Wildman–Crippen LogP) is -0.0530. The number of aliphatic carboxylic acids is 1. The Kier molecular flexibility index (Phi) is 4.51. The summed E-state index contributed by atoms with van der Waals surface area (Å²) in [5, 5.41) is 8.61. The number of hydrogen-bond acceptors (Lipinski definition) is 4. The van der Waals surface area contributed by atoms with Gasteiger partial charge in [-0.3, -0.25) is 9.59 Å². The van der Waals surface area contributed by atoms with Gasteiger partial charge in [-0.15, -0.1) is 0 Å². The quantitative estimate of drug-likeness (QED) is 0.786. The number of likely N-dealkylation sites (tertiary alicyclic amines) is 2. The number of piperidine rings is 1. The Morgan fingerprint density at radius 1 is 1.29 bits per heavy atom. The topological polar surface area (TPSA) is 87.2 Å². The van der Waals surface area contributed by atoms with E-state index >= 15 is 0 Å². The van der Waals surface area contributed by atoms with Crippen molar-refractivity contribution in [3.8, 4) is 0 Å². The van der Waals surface area contributed by atoms with E-state index in [9.17, 15) is 14.4 Å². The van der Waals surface area contributed by atoms with Gasteiger partial charge < -0.3 is 19.6 Å². The lowest BCUT2D eigenvalue weighted by atomic mass is 9.90. The highest BCUT2D eigenvalue weighted by molar-refractivity contribution is 5.81. The first-order valence-corrected chi connectivity index (χ1v) is 7.21. The van der Waals surface area contributed by atoms with Crippen LogP contribution in [0.4, 0.5) is 0 Å². The van der Waals surface area contributed by atoms with E-state index in [0.717, 1.165) is 19.4 Å². The summed E-state index contributed by atoms with van der Waals surface area (Å²) in [6.07, 6.45) is 1.64. The molecule has 2 rings (SSSR count). The molecule has 2 aliphatic rings. The Morgan fingerprint density at radius 2 is 1.95 bits per heavy atom. The van der Waals surface area contributed by atoms with E-state index in [1.54, 1.807) is 9.80 Å². The number of rotatable bonds is 4. The third-order valence-electron chi connectivity index (χ3n) is 4.12. The Balaban J connectivity index is 1.83. The first kappa shape index (κ1) is 15.8. The van der Waals surface area contributed by atoms with Gasteiger partial charge in [-0.2, -0.15) is 0 Å². The van der Waals surface area contributed by atoms with E-state index in [1.165, 1.54) is 6.92 Å². The lowest BCUT2D eigenvalue weighted by Gasteiger charge is -2.49. The average molecular weight is 298 g/mol. The number of nitrogens with zero attached hydrogens (tertiary/aromatic N) is 2. The summed E-state index contributed by atoms with van der Waals surface area (Å²) < 4.78 is 5.30. The first-order valence-electron chi connectivity index (χ1n) is 7.21. The fraction of sp³-hybridized carbons (Fsp3) is 0.786. The summed E-state index contributed by atoms with van der Waals surface area (Å²) in [4.78, 5) is 37.7. The van der Waals surface area contributed by atoms with Gasteiger partial charge in [-0.25, -0.2) is 4.79 Å². The molecule has 0 spiro atoms.